The number of nitrogens with two attached hydrogens (primary N) is 1. The highest BCUT2D eigenvalue weighted by atomic mass is 32.2. The van der Waals surface area contributed by atoms with Crippen LogP contribution in [0.2, 0.25) is 0 Å². The van der Waals surface area contributed by atoms with E-state index in [0.29, 0.717) is 38.0 Å². The van der Waals surface area contributed by atoms with Crippen LogP contribution in [-0.2, 0) is 19.2 Å². The van der Waals surface area contributed by atoms with E-state index in [-0.39, 0.29) is 18.4 Å². The van der Waals surface area contributed by atoms with Gasteiger partial charge in [0.1, 0.15) is 18.1 Å². The molecule has 28 heavy (non-hydrogen) atoms. The van der Waals surface area contributed by atoms with Crippen molar-refractivity contribution in [2.24, 2.45) is 11.7 Å². The number of hydrogen-bond acceptors (Lipinski definition) is 6. The van der Waals surface area contributed by atoms with Crippen molar-refractivity contribution in [2.45, 2.75) is 57.7 Å². The molecule has 1 fully saturated rings. The van der Waals surface area contributed by atoms with Gasteiger partial charge in [-0.25, -0.2) is 4.79 Å². The lowest BCUT2D eigenvalue weighted by atomic mass is 9.96. The van der Waals surface area contributed by atoms with Crippen molar-refractivity contribution in [1.82, 2.24) is 15.5 Å². The number of likely N-dealkylation sites (tertiary alicyclic amines) is 1. The fourth-order valence-electron chi connectivity index (χ4n) is 3.16. The maximum Gasteiger partial charge on any atom is 0.326 e. The normalized spacial score (nSPS) is 19.6. The van der Waals surface area contributed by atoms with Gasteiger partial charge in [0.25, 0.3) is 0 Å². The Labute approximate surface area is 170 Å². The lowest BCUT2D eigenvalue weighted by Gasteiger charge is -2.31. The van der Waals surface area contributed by atoms with Crippen molar-refractivity contribution in [2.75, 3.05) is 25.1 Å². The number of carbonyl (C=O) groups is 4. The predicted molar refractivity (Wildman–Crippen MR) is 108 cm³/mol. The molecule has 0 aromatic rings. The summed E-state index contributed by atoms with van der Waals surface area (Å²) in [7, 11) is 0. The molecule has 0 bridgehead atoms. The van der Waals surface area contributed by atoms with Crippen molar-refractivity contribution in [1.29, 1.82) is 0 Å². The molecule has 0 radical (unpaired) electrons. The van der Waals surface area contributed by atoms with E-state index in [1.54, 1.807) is 0 Å². The van der Waals surface area contributed by atoms with E-state index in [1.165, 1.54) is 16.7 Å². The zero-order valence-corrected chi connectivity index (χ0v) is 17.6. The molecule has 4 atom stereocenters. The molecule has 1 aliphatic heterocycles. The Morgan fingerprint density at radius 1 is 1.29 bits per heavy atom. The summed E-state index contributed by atoms with van der Waals surface area (Å²) in [5.41, 5.74) is 5.33. The number of carboxylic acid groups (broad SMARTS) is 1. The Bertz CT molecular complexity index is 574. The molecule has 3 amide bonds. The van der Waals surface area contributed by atoms with E-state index in [9.17, 15) is 24.3 Å². The SMILES string of the molecule is CCC(C)C(NC(=O)C(CCSC)NC(=O)CN)C(=O)N1CCCC1C(=O)O. The van der Waals surface area contributed by atoms with Crippen LogP contribution in [-0.4, -0.2) is 76.9 Å². The summed E-state index contributed by atoms with van der Waals surface area (Å²) >= 11 is 1.54. The average molecular weight is 417 g/mol. The molecule has 1 rings (SSSR count). The standard InChI is InChI=1S/C18H32N4O5S/c1-4-11(2)15(17(25)22-8-5-6-13(22)18(26)27)21-16(24)12(7-9-28-3)20-14(23)10-19/h11-13,15H,4-10,19H2,1-3H3,(H,20,23)(H,21,24)(H,26,27). The molecule has 1 heterocycles. The first-order valence-corrected chi connectivity index (χ1v) is 11.0. The maximum absolute atomic E-state index is 13.0. The molecular formula is C18H32N4O5S. The molecule has 0 aromatic carbocycles. The molecule has 1 aliphatic rings. The monoisotopic (exact) mass is 416 g/mol. The number of carbonyl (C=O) groups excluding carboxylic acids is 3. The van der Waals surface area contributed by atoms with Crippen molar-refractivity contribution >= 4 is 35.5 Å². The van der Waals surface area contributed by atoms with Gasteiger partial charge in [-0.2, -0.15) is 11.8 Å². The van der Waals surface area contributed by atoms with Gasteiger partial charge in [-0.15, -0.1) is 0 Å². The highest BCUT2D eigenvalue weighted by Gasteiger charge is 2.39. The third-order valence-electron chi connectivity index (χ3n) is 5.05. The van der Waals surface area contributed by atoms with Gasteiger partial charge in [-0.05, 0) is 37.2 Å². The number of rotatable bonds is 11. The largest absolute Gasteiger partial charge is 0.480 e. The quantitative estimate of drug-likeness (QED) is 0.365. The topological polar surface area (TPSA) is 142 Å². The fourth-order valence-corrected chi connectivity index (χ4v) is 3.63. The van der Waals surface area contributed by atoms with Gasteiger partial charge < -0.3 is 26.4 Å². The van der Waals surface area contributed by atoms with Crippen LogP contribution in [0.15, 0.2) is 0 Å². The summed E-state index contributed by atoms with van der Waals surface area (Å²) in [4.78, 5) is 50.3. The second kappa shape index (κ2) is 11.9. The molecule has 4 unspecified atom stereocenters. The van der Waals surface area contributed by atoms with E-state index in [4.69, 9.17) is 5.73 Å². The molecule has 9 nitrogen and oxygen atoms in total. The van der Waals surface area contributed by atoms with Crippen LogP contribution < -0.4 is 16.4 Å². The minimum absolute atomic E-state index is 0.182. The summed E-state index contributed by atoms with van der Waals surface area (Å²) in [5, 5.41) is 14.7. The lowest BCUT2D eigenvalue weighted by Crippen LogP contribution is -2.58. The Morgan fingerprint density at radius 2 is 1.96 bits per heavy atom. The zero-order valence-electron chi connectivity index (χ0n) is 16.8. The Morgan fingerprint density at radius 3 is 2.50 bits per heavy atom. The molecular weight excluding hydrogens is 384 g/mol. The molecule has 0 aromatic heterocycles. The molecule has 0 aliphatic carbocycles. The van der Waals surface area contributed by atoms with Crippen molar-refractivity contribution in [3.63, 3.8) is 0 Å². The second-order valence-electron chi connectivity index (χ2n) is 7.01. The Hall–Kier alpha value is -1.81. The first-order chi connectivity index (χ1) is 13.3. The Balaban J connectivity index is 2.96. The number of hydrogen-bond donors (Lipinski definition) is 4. The van der Waals surface area contributed by atoms with Crippen LogP contribution in [0.5, 0.6) is 0 Å². The first kappa shape index (κ1) is 24.2. The summed E-state index contributed by atoms with van der Waals surface area (Å²) in [5.74, 6) is -1.86. The van der Waals surface area contributed by atoms with Gasteiger partial charge in [-0.1, -0.05) is 20.3 Å². The van der Waals surface area contributed by atoms with Gasteiger partial charge in [0.05, 0.1) is 6.54 Å². The number of nitrogens with zero attached hydrogens (tertiary/aromatic N) is 1. The van der Waals surface area contributed by atoms with E-state index in [2.05, 4.69) is 10.6 Å². The van der Waals surface area contributed by atoms with Crippen LogP contribution >= 0.6 is 11.8 Å². The maximum atomic E-state index is 13.0. The van der Waals surface area contributed by atoms with Gasteiger partial charge >= 0.3 is 5.97 Å². The highest BCUT2D eigenvalue weighted by Crippen LogP contribution is 2.21. The predicted octanol–water partition coefficient (Wildman–Crippen LogP) is -0.210. The van der Waals surface area contributed by atoms with Crippen LogP contribution in [0.4, 0.5) is 0 Å². The van der Waals surface area contributed by atoms with Crippen LogP contribution in [0.3, 0.4) is 0 Å². The van der Waals surface area contributed by atoms with Crippen molar-refractivity contribution in [3.05, 3.63) is 0 Å². The number of aliphatic carboxylic acids is 1. The average Bonchev–Trinajstić information content (AvgIpc) is 3.17. The summed E-state index contributed by atoms with van der Waals surface area (Å²) in [6, 6.07) is -2.50. The van der Waals surface area contributed by atoms with E-state index >= 15 is 0 Å². The summed E-state index contributed by atoms with van der Waals surface area (Å²) < 4.78 is 0. The van der Waals surface area contributed by atoms with Gasteiger partial charge in [0.2, 0.25) is 17.7 Å². The minimum Gasteiger partial charge on any atom is -0.480 e. The molecule has 0 spiro atoms. The number of amides is 3. The Kier molecular flexibility index (Phi) is 10.3. The minimum atomic E-state index is -1.03. The zero-order chi connectivity index (χ0) is 21.3. The van der Waals surface area contributed by atoms with Crippen LogP contribution in [0.25, 0.3) is 0 Å². The highest BCUT2D eigenvalue weighted by molar-refractivity contribution is 7.98. The fraction of sp³-hybridized carbons (Fsp3) is 0.778. The van der Waals surface area contributed by atoms with Gasteiger partial charge in [0.15, 0.2) is 0 Å². The van der Waals surface area contributed by atoms with E-state index in [0.717, 1.165) is 0 Å². The smallest absolute Gasteiger partial charge is 0.326 e. The lowest BCUT2D eigenvalue weighted by molar-refractivity contribution is -0.150. The number of thioether (sulfide) groups is 1. The second-order valence-corrected chi connectivity index (χ2v) is 7.99. The molecule has 5 N–H and O–H groups in total. The van der Waals surface area contributed by atoms with E-state index < -0.39 is 35.9 Å². The third kappa shape index (κ3) is 6.66. The first-order valence-electron chi connectivity index (χ1n) is 9.58. The molecule has 0 saturated carbocycles. The van der Waals surface area contributed by atoms with Crippen molar-refractivity contribution < 1.29 is 24.3 Å². The van der Waals surface area contributed by atoms with Gasteiger partial charge in [-0.3, -0.25) is 14.4 Å². The summed E-state index contributed by atoms with van der Waals surface area (Å²) in [6.07, 6.45) is 3.96. The number of nitrogens with one attached hydrogen (secondary N) is 2. The summed E-state index contributed by atoms with van der Waals surface area (Å²) in [6.45, 7) is 3.87. The molecule has 10 heteroatoms. The molecule has 160 valence electrons. The van der Waals surface area contributed by atoms with Crippen LogP contribution in [0, 0.1) is 5.92 Å². The third-order valence-corrected chi connectivity index (χ3v) is 5.69. The molecule has 1 saturated heterocycles. The number of carboxylic acids is 1. The van der Waals surface area contributed by atoms with Crippen LogP contribution in [0.1, 0.15) is 39.5 Å². The van der Waals surface area contributed by atoms with Crippen molar-refractivity contribution in [3.8, 4) is 0 Å². The van der Waals surface area contributed by atoms with Gasteiger partial charge in [0, 0.05) is 6.54 Å². The van der Waals surface area contributed by atoms with E-state index in [1.807, 2.05) is 20.1 Å².